The van der Waals surface area contributed by atoms with E-state index in [-0.39, 0.29) is 12.4 Å². The molecule has 7 heteroatoms. The number of imidazole rings is 1. The molecule has 0 bridgehead atoms. The van der Waals surface area contributed by atoms with Gasteiger partial charge in [0, 0.05) is 19.4 Å². The molecular formula is C9H13N3O3S. The zero-order valence-corrected chi connectivity index (χ0v) is 9.91. The number of thioether (sulfide) groups is 1. The van der Waals surface area contributed by atoms with Gasteiger partial charge in [0.1, 0.15) is 0 Å². The van der Waals surface area contributed by atoms with Crippen molar-refractivity contribution in [3.63, 3.8) is 0 Å². The highest BCUT2D eigenvalue weighted by atomic mass is 32.2. The average molecular weight is 243 g/mol. The largest absolute Gasteiger partial charge is 0.450 e. The van der Waals surface area contributed by atoms with Crippen molar-refractivity contribution in [2.75, 3.05) is 12.4 Å². The summed E-state index contributed by atoms with van der Waals surface area (Å²) in [5, 5.41) is 2.83. The maximum Gasteiger partial charge on any atom is 0.413 e. The van der Waals surface area contributed by atoms with E-state index in [4.69, 9.17) is 0 Å². The molecule has 0 atom stereocenters. The third-order valence-electron chi connectivity index (χ3n) is 1.63. The molecule has 1 N–H and O–H groups in total. The summed E-state index contributed by atoms with van der Waals surface area (Å²) < 4.78 is 6.37. The fourth-order valence-corrected chi connectivity index (χ4v) is 1.67. The van der Waals surface area contributed by atoms with E-state index in [1.54, 1.807) is 23.9 Å². The molecule has 0 unspecified atom stereocenters. The molecule has 16 heavy (non-hydrogen) atoms. The van der Waals surface area contributed by atoms with Crippen molar-refractivity contribution >= 4 is 23.8 Å². The van der Waals surface area contributed by atoms with Gasteiger partial charge in [0.15, 0.2) is 5.16 Å². The lowest BCUT2D eigenvalue weighted by Gasteiger charge is -2.03. The monoisotopic (exact) mass is 243 g/mol. The minimum atomic E-state index is -0.715. The number of carbonyl (C=O) groups excluding carboxylic acids is 2. The van der Waals surface area contributed by atoms with Gasteiger partial charge >= 0.3 is 6.09 Å². The van der Waals surface area contributed by atoms with Gasteiger partial charge in [-0.3, -0.25) is 10.1 Å². The van der Waals surface area contributed by atoms with Gasteiger partial charge in [0.25, 0.3) is 0 Å². The summed E-state index contributed by atoms with van der Waals surface area (Å²) in [4.78, 5) is 26.2. The Bertz CT molecular complexity index is 378. The van der Waals surface area contributed by atoms with Crippen LogP contribution in [-0.2, 0) is 16.6 Å². The number of rotatable bonds is 4. The van der Waals surface area contributed by atoms with Crippen LogP contribution in [0.15, 0.2) is 17.6 Å². The molecule has 1 aromatic heterocycles. The van der Waals surface area contributed by atoms with E-state index in [2.05, 4.69) is 15.0 Å². The molecule has 0 saturated carbocycles. The van der Waals surface area contributed by atoms with Gasteiger partial charge in [0.2, 0.25) is 5.91 Å². The van der Waals surface area contributed by atoms with Gasteiger partial charge in [-0.2, -0.15) is 0 Å². The predicted molar refractivity (Wildman–Crippen MR) is 59.1 cm³/mol. The van der Waals surface area contributed by atoms with E-state index < -0.39 is 12.0 Å². The zero-order valence-electron chi connectivity index (χ0n) is 9.10. The Morgan fingerprint density at radius 3 is 2.94 bits per heavy atom. The fraction of sp³-hybridized carbons (Fsp3) is 0.444. The molecule has 1 aromatic rings. The first-order valence-corrected chi connectivity index (χ1v) is 5.68. The molecule has 0 aliphatic rings. The van der Waals surface area contributed by atoms with Crippen LogP contribution in [0.5, 0.6) is 0 Å². The summed E-state index contributed by atoms with van der Waals surface area (Å²) in [6.07, 6.45) is 2.71. The number of nitrogens with one attached hydrogen (secondary N) is 1. The first-order valence-electron chi connectivity index (χ1n) is 4.70. The number of hydrogen-bond acceptors (Lipinski definition) is 5. The number of aromatic nitrogens is 2. The van der Waals surface area contributed by atoms with Crippen LogP contribution in [0.2, 0.25) is 0 Å². The first kappa shape index (κ1) is 12.6. The van der Waals surface area contributed by atoms with Crippen molar-refractivity contribution < 1.29 is 14.3 Å². The normalized spacial score (nSPS) is 9.88. The maximum atomic E-state index is 11.3. The highest BCUT2D eigenvalue weighted by molar-refractivity contribution is 7.99. The van der Waals surface area contributed by atoms with Crippen molar-refractivity contribution in [1.29, 1.82) is 0 Å². The molecule has 0 aliphatic carbocycles. The smallest absolute Gasteiger partial charge is 0.413 e. The Labute approximate surface area is 97.4 Å². The Hall–Kier alpha value is -1.50. The maximum absolute atomic E-state index is 11.3. The standard InChI is InChI=1S/C9H13N3O3S/c1-3-15-9(14)11-7(13)6-16-8-10-4-5-12(8)2/h4-5H,3,6H2,1-2H3,(H,11,13,14). The van der Waals surface area contributed by atoms with Crippen LogP contribution in [0.3, 0.4) is 0 Å². The molecule has 0 fully saturated rings. The number of carbonyl (C=O) groups is 2. The molecule has 0 saturated heterocycles. The predicted octanol–water partition coefficient (Wildman–Crippen LogP) is 0.785. The number of imide groups is 1. The summed E-state index contributed by atoms with van der Waals surface area (Å²) in [5.74, 6) is -0.268. The summed E-state index contributed by atoms with van der Waals surface area (Å²) >= 11 is 1.25. The minimum absolute atomic E-state index is 0.129. The Balaban J connectivity index is 2.31. The molecule has 88 valence electrons. The zero-order chi connectivity index (χ0) is 12.0. The third kappa shape index (κ3) is 3.93. The Kier molecular flexibility index (Phi) is 4.84. The lowest BCUT2D eigenvalue weighted by Crippen LogP contribution is -2.32. The summed E-state index contributed by atoms with van der Waals surface area (Å²) in [7, 11) is 1.83. The number of ether oxygens (including phenoxy) is 1. The number of alkyl carbamates (subject to hydrolysis) is 1. The van der Waals surface area contributed by atoms with E-state index in [1.165, 1.54) is 11.8 Å². The fourth-order valence-electron chi connectivity index (χ4n) is 0.938. The Morgan fingerprint density at radius 2 is 2.38 bits per heavy atom. The van der Waals surface area contributed by atoms with Crippen molar-refractivity contribution in [3.05, 3.63) is 12.4 Å². The Morgan fingerprint density at radius 1 is 1.62 bits per heavy atom. The average Bonchev–Trinajstić information content (AvgIpc) is 2.61. The lowest BCUT2D eigenvalue weighted by molar-refractivity contribution is -0.117. The minimum Gasteiger partial charge on any atom is -0.450 e. The van der Waals surface area contributed by atoms with Crippen LogP contribution in [0.1, 0.15) is 6.92 Å². The molecule has 0 aliphatic heterocycles. The van der Waals surface area contributed by atoms with E-state index in [0.29, 0.717) is 0 Å². The van der Waals surface area contributed by atoms with Gasteiger partial charge in [-0.15, -0.1) is 0 Å². The summed E-state index contributed by atoms with van der Waals surface area (Å²) in [5.41, 5.74) is 0. The van der Waals surface area contributed by atoms with Crippen LogP contribution in [-0.4, -0.2) is 33.9 Å². The van der Waals surface area contributed by atoms with Crippen molar-refractivity contribution in [2.45, 2.75) is 12.1 Å². The quantitative estimate of drug-likeness (QED) is 0.791. The number of amides is 2. The lowest BCUT2D eigenvalue weighted by atomic mass is 10.7. The van der Waals surface area contributed by atoms with Crippen LogP contribution >= 0.6 is 11.8 Å². The van der Waals surface area contributed by atoms with Crippen molar-refractivity contribution in [2.24, 2.45) is 7.05 Å². The second-order valence-corrected chi connectivity index (χ2v) is 3.82. The first-order chi connectivity index (χ1) is 7.63. The summed E-state index contributed by atoms with van der Waals surface area (Å²) in [6.45, 7) is 1.91. The van der Waals surface area contributed by atoms with E-state index in [9.17, 15) is 9.59 Å². The number of aryl methyl sites for hydroxylation is 1. The van der Waals surface area contributed by atoms with Crippen LogP contribution in [0.25, 0.3) is 0 Å². The molecule has 2 amide bonds. The molecular weight excluding hydrogens is 230 g/mol. The van der Waals surface area contributed by atoms with Gasteiger partial charge in [-0.25, -0.2) is 9.78 Å². The molecule has 0 aromatic carbocycles. The summed E-state index contributed by atoms with van der Waals surface area (Å²) in [6, 6.07) is 0. The van der Waals surface area contributed by atoms with Gasteiger partial charge in [-0.1, -0.05) is 11.8 Å². The van der Waals surface area contributed by atoms with E-state index in [1.807, 2.05) is 7.05 Å². The van der Waals surface area contributed by atoms with Crippen LogP contribution in [0, 0.1) is 0 Å². The van der Waals surface area contributed by atoms with Crippen molar-refractivity contribution in [1.82, 2.24) is 14.9 Å². The van der Waals surface area contributed by atoms with Crippen molar-refractivity contribution in [3.8, 4) is 0 Å². The third-order valence-corrected chi connectivity index (χ3v) is 2.68. The second-order valence-electron chi connectivity index (χ2n) is 2.88. The number of hydrogen-bond donors (Lipinski definition) is 1. The topological polar surface area (TPSA) is 73.2 Å². The van der Waals surface area contributed by atoms with E-state index >= 15 is 0 Å². The van der Waals surface area contributed by atoms with Gasteiger partial charge < -0.3 is 9.30 Å². The molecule has 1 heterocycles. The van der Waals surface area contributed by atoms with Gasteiger partial charge in [0.05, 0.1) is 12.4 Å². The second kappa shape index (κ2) is 6.16. The highest BCUT2D eigenvalue weighted by Crippen LogP contribution is 2.13. The molecule has 1 rings (SSSR count). The molecule has 0 spiro atoms. The molecule has 6 nitrogen and oxygen atoms in total. The van der Waals surface area contributed by atoms with Crippen LogP contribution in [0.4, 0.5) is 4.79 Å². The number of nitrogens with zero attached hydrogens (tertiary/aromatic N) is 2. The molecule has 0 radical (unpaired) electrons. The highest BCUT2D eigenvalue weighted by Gasteiger charge is 2.09. The van der Waals surface area contributed by atoms with Gasteiger partial charge in [-0.05, 0) is 6.92 Å². The van der Waals surface area contributed by atoms with Crippen LogP contribution < -0.4 is 5.32 Å². The SMILES string of the molecule is CCOC(=O)NC(=O)CSc1nccn1C. The van der Waals surface area contributed by atoms with E-state index in [0.717, 1.165) is 5.16 Å².